The van der Waals surface area contributed by atoms with Crippen molar-refractivity contribution in [2.75, 3.05) is 28.3 Å². The summed E-state index contributed by atoms with van der Waals surface area (Å²) in [4.78, 5) is 0. The maximum absolute atomic E-state index is 8.09. The van der Waals surface area contributed by atoms with E-state index in [0.717, 1.165) is 0 Å². The van der Waals surface area contributed by atoms with Gasteiger partial charge in [0.05, 0.1) is 21.3 Å². The number of hydrogen-bond acceptors (Lipinski definition) is 4. The van der Waals surface area contributed by atoms with E-state index in [2.05, 4.69) is 5.32 Å². The van der Waals surface area contributed by atoms with E-state index < -0.39 is 13.0 Å². The van der Waals surface area contributed by atoms with E-state index in [9.17, 15) is 0 Å². The molecule has 0 spiro atoms. The molecule has 0 aromatic heterocycles. The molecule has 96 valence electrons. The molecule has 4 nitrogen and oxygen atoms in total. The Morgan fingerprint density at radius 3 is 2.24 bits per heavy atom. The van der Waals surface area contributed by atoms with Crippen LogP contribution in [0.4, 0.5) is 0 Å². The highest BCUT2D eigenvalue weighted by Crippen LogP contribution is 2.38. The SMILES string of the molecule is [2H]C([2H])([2H])NC([2H])(C)Cc1cc(OC)c(OC)c(OC)c1. The molecule has 1 aromatic rings. The zero-order valence-electron chi connectivity index (χ0n) is 14.6. The van der Waals surface area contributed by atoms with Gasteiger partial charge >= 0.3 is 0 Å². The maximum Gasteiger partial charge on any atom is 0.203 e. The first-order chi connectivity index (χ1) is 9.61. The monoisotopic (exact) mass is 243 g/mol. The van der Waals surface area contributed by atoms with Crippen molar-refractivity contribution in [3.05, 3.63) is 17.7 Å². The summed E-state index contributed by atoms with van der Waals surface area (Å²) in [5.41, 5.74) is 0.707. The largest absolute Gasteiger partial charge is 0.493 e. The highest BCUT2D eigenvalue weighted by Gasteiger charge is 2.13. The first-order valence-corrected chi connectivity index (χ1v) is 5.20. The van der Waals surface area contributed by atoms with Crippen molar-refractivity contribution >= 4 is 0 Å². The van der Waals surface area contributed by atoms with Crippen molar-refractivity contribution in [1.29, 1.82) is 0 Å². The Morgan fingerprint density at radius 1 is 1.24 bits per heavy atom. The van der Waals surface area contributed by atoms with Gasteiger partial charge in [-0.2, -0.15) is 0 Å². The zero-order chi connectivity index (χ0) is 16.3. The molecule has 0 aliphatic heterocycles. The highest BCUT2D eigenvalue weighted by molar-refractivity contribution is 5.53. The number of methoxy groups -OCH3 is 3. The van der Waals surface area contributed by atoms with Crippen molar-refractivity contribution in [2.24, 2.45) is 0 Å². The summed E-state index contributed by atoms with van der Waals surface area (Å²) >= 11 is 0. The van der Waals surface area contributed by atoms with Crippen molar-refractivity contribution < 1.29 is 19.7 Å². The van der Waals surface area contributed by atoms with Gasteiger partial charge in [0.1, 0.15) is 0 Å². The lowest BCUT2D eigenvalue weighted by molar-refractivity contribution is 0.323. The number of likely N-dealkylation sites (N-methyl/N-ethyl adjacent to an activating group) is 1. The molecule has 0 aliphatic carbocycles. The predicted molar refractivity (Wildman–Crippen MR) is 68.3 cm³/mol. The number of rotatable bonds is 6. The van der Waals surface area contributed by atoms with Crippen LogP contribution in [0, 0.1) is 0 Å². The Hall–Kier alpha value is -1.42. The molecular formula is C13H21NO3. The van der Waals surface area contributed by atoms with Crippen molar-refractivity contribution in [1.82, 2.24) is 5.32 Å². The zero-order valence-corrected chi connectivity index (χ0v) is 10.6. The van der Waals surface area contributed by atoms with Gasteiger partial charge in [0.2, 0.25) is 5.75 Å². The van der Waals surface area contributed by atoms with E-state index in [1.807, 2.05) is 0 Å². The summed E-state index contributed by atoms with van der Waals surface area (Å²) < 4.78 is 45.4. The fourth-order valence-electron chi connectivity index (χ4n) is 1.59. The van der Waals surface area contributed by atoms with Crippen LogP contribution in [0.15, 0.2) is 12.1 Å². The Balaban J connectivity index is 3.09. The van der Waals surface area contributed by atoms with Gasteiger partial charge in [-0.25, -0.2) is 0 Å². The average Bonchev–Trinajstić information content (AvgIpc) is 2.33. The lowest BCUT2D eigenvalue weighted by Gasteiger charge is -2.16. The van der Waals surface area contributed by atoms with Crippen molar-refractivity contribution in [2.45, 2.75) is 19.4 Å². The third kappa shape index (κ3) is 3.27. The molecule has 0 fully saturated rings. The molecule has 1 unspecified atom stereocenters. The standard InChI is InChI=1S/C13H21NO3/c1-9(14-2)6-10-7-11(15-3)13(17-5)12(8-10)16-4/h7-9,14H,6H2,1-5H3/i2D3,9D. The second-order valence-corrected chi connectivity index (χ2v) is 3.62. The molecule has 1 aromatic carbocycles. The quantitative estimate of drug-likeness (QED) is 0.828. The second kappa shape index (κ2) is 6.35. The molecule has 4 heteroatoms. The van der Waals surface area contributed by atoms with Crippen LogP contribution in [0.25, 0.3) is 0 Å². The third-order valence-electron chi connectivity index (χ3n) is 2.41. The van der Waals surface area contributed by atoms with E-state index >= 15 is 0 Å². The summed E-state index contributed by atoms with van der Waals surface area (Å²) in [6.07, 6.45) is 0.169. The minimum Gasteiger partial charge on any atom is -0.493 e. The number of nitrogens with one attached hydrogen (secondary N) is 1. The fourth-order valence-corrected chi connectivity index (χ4v) is 1.59. The van der Waals surface area contributed by atoms with Gasteiger partial charge in [0.25, 0.3) is 0 Å². The van der Waals surface area contributed by atoms with Crippen molar-refractivity contribution in [3.8, 4) is 17.2 Å². The summed E-state index contributed by atoms with van der Waals surface area (Å²) in [6, 6.07) is 2.06. The van der Waals surface area contributed by atoms with Crippen molar-refractivity contribution in [3.63, 3.8) is 0 Å². The first kappa shape index (κ1) is 8.64. The summed E-state index contributed by atoms with van der Waals surface area (Å²) in [5, 5.41) is 2.30. The van der Waals surface area contributed by atoms with E-state index in [-0.39, 0.29) is 6.42 Å². The van der Waals surface area contributed by atoms with E-state index in [0.29, 0.717) is 22.8 Å². The normalized spacial score (nSPS) is 18.1. The van der Waals surface area contributed by atoms with Gasteiger partial charge in [-0.1, -0.05) is 0 Å². The molecule has 0 saturated heterocycles. The molecule has 0 amide bonds. The summed E-state index contributed by atoms with van der Waals surface area (Å²) in [5.74, 6) is 1.40. The van der Waals surface area contributed by atoms with Crippen LogP contribution < -0.4 is 19.5 Å². The number of ether oxygens (including phenoxy) is 3. The molecule has 17 heavy (non-hydrogen) atoms. The van der Waals surface area contributed by atoms with Gasteiger partial charge in [-0.3, -0.25) is 0 Å². The topological polar surface area (TPSA) is 39.7 Å². The van der Waals surface area contributed by atoms with Gasteiger partial charge in [-0.15, -0.1) is 0 Å². The molecule has 0 saturated carbocycles. The molecule has 0 aliphatic rings. The molecule has 0 bridgehead atoms. The second-order valence-electron chi connectivity index (χ2n) is 3.62. The Bertz CT molecular complexity index is 464. The third-order valence-corrected chi connectivity index (χ3v) is 2.41. The highest BCUT2D eigenvalue weighted by atomic mass is 16.5. The first-order valence-electron chi connectivity index (χ1n) is 7.20. The molecule has 1 atom stereocenters. The van der Waals surface area contributed by atoms with Gasteiger partial charge in [0.15, 0.2) is 11.5 Å². The molecule has 0 radical (unpaired) electrons. The van der Waals surface area contributed by atoms with E-state index in [4.69, 9.17) is 19.7 Å². The van der Waals surface area contributed by atoms with Crippen LogP contribution in [0.5, 0.6) is 17.2 Å². The molecule has 0 heterocycles. The molecular weight excluding hydrogens is 218 g/mol. The summed E-state index contributed by atoms with van der Waals surface area (Å²) in [6.45, 7) is -0.875. The van der Waals surface area contributed by atoms with Crippen LogP contribution in [-0.4, -0.2) is 34.3 Å². The van der Waals surface area contributed by atoms with Crippen LogP contribution in [-0.2, 0) is 6.42 Å². The van der Waals surface area contributed by atoms with E-state index in [1.54, 1.807) is 12.1 Å². The Labute approximate surface area is 108 Å². The van der Waals surface area contributed by atoms with Crippen LogP contribution in [0.3, 0.4) is 0 Å². The number of benzene rings is 1. The van der Waals surface area contributed by atoms with Gasteiger partial charge in [-0.05, 0) is 38.0 Å². The smallest absolute Gasteiger partial charge is 0.203 e. The average molecular weight is 243 g/mol. The van der Waals surface area contributed by atoms with Crippen LogP contribution in [0.1, 0.15) is 18.0 Å². The molecule has 1 N–H and O–H groups in total. The van der Waals surface area contributed by atoms with E-state index in [1.165, 1.54) is 28.3 Å². The van der Waals surface area contributed by atoms with Gasteiger partial charge < -0.3 is 19.5 Å². The lowest BCUT2D eigenvalue weighted by Crippen LogP contribution is -2.23. The number of hydrogen-bond donors (Lipinski definition) is 1. The lowest BCUT2D eigenvalue weighted by atomic mass is 10.1. The minimum atomic E-state index is -2.38. The minimum absolute atomic E-state index is 0.169. The fraction of sp³-hybridized carbons (Fsp3) is 0.538. The van der Waals surface area contributed by atoms with Crippen LogP contribution in [0.2, 0.25) is 0 Å². The Morgan fingerprint density at radius 2 is 1.82 bits per heavy atom. The van der Waals surface area contributed by atoms with Crippen LogP contribution >= 0.6 is 0 Å². The predicted octanol–water partition coefficient (Wildman–Crippen LogP) is 1.86. The van der Waals surface area contributed by atoms with Gasteiger partial charge in [0, 0.05) is 11.5 Å². The maximum atomic E-state index is 8.09. The summed E-state index contributed by atoms with van der Waals surface area (Å²) in [7, 11) is 4.51. The Kier molecular flexibility index (Phi) is 3.23. The molecule has 1 rings (SSSR count).